The number of benzene rings is 1. The van der Waals surface area contributed by atoms with Gasteiger partial charge in [-0.25, -0.2) is 0 Å². The molecule has 112 valence electrons. The van der Waals surface area contributed by atoms with Crippen LogP contribution in [0.25, 0.3) is 0 Å². The first kappa shape index (κ1) is 16.7. The van der Waals surface area contributed by atoms with Gasteiger partial charge in [0, 0.05) is 18.2 Å². The Morgan fingerprint density at radius 2 is 2.20 bits per heavy atom. The average Bonchev–Trinajstić information content (AvgIpc) is 2.83. The molecule has 0 bridgehead atoms. The number of alkyl halides is 2. The molecule has 0 spiro atoms. The highest BCUT2D eigenvalue weighted by Crippen LogP contribution is 2.20. The Morgan fingerprint density at radius 1 is 1.45 bits per heavy atom. The van der Waals surface area contributed by atoms with E-state index in [2.05, 4.69) is 15.4 Å². The van der Waals surface area contributed by atoms with Gasteiger partial charge in [0.2, 0.25) is 5.91 Å². The van der Waals surface area contributed by atoms with E-state index in [1.54, 1.807) is 18.2 Å². The van der Waals surface area contributed by atoms with Crippen LogP contribution in [0.15, 0.2) is 24.3 Å². The van der Waals surface area contributed by atoms with Crippen molar-refractivity contribution in [3.8, 4) is 5.75 Å². The van der Waals surface area contributed by atoms with Crippen LogP contribution in [0.1, 0.15) is 12.0 Å². The maximum Gasteiger partial charge on any atom is 0.387 e. The molecule has 4 nitrogen and oxygen atoms in total. The molecule has 2 rings (SSSR count). The minimum absolute atomic E-state index is 0. The fourth-order valence-electron chi connectivity index (χ4n) is 2.09. The molecule has 1 fully saturated rings. The van der Waals surface area contributed by atoms with Crippen molar-refractivity contribution in [1.82, 2.24) is 10.6 Å². The Hall–Kier alpha value is -1.40. The zero-order valence-corrected chi connectivity index (χ0v) is 11.6. The maximum absolute atomic E-state index is 12.2. The molecule has 20 heavy (non-hydrogen) atoms. The van der Waals surface area contributed by atoms with E-state index >= 15 is 0 Å². The summed E-state index contributed by atoms with van der Waals surface area (Å²) in [5.41, 5.74) is 0.464. The fourth-order valence-corrected chi connectivity index (χ4v) is 2.09. The molecule has 0 saturated carbocycles. The lowest BCUT2D eigenvalue weighted by Gasteiger charge is -2.13. The quantitative estimate of drug-likeness (QED) is 0.871. The maximum atomic E-state index is 12.2. The summed E-state index contributed by atoms with van der Waals surface area (Å²) in [5.74, 6) is -0.129. The summed E-state index contributed by atoms with van der Waals surface area (Å²) in [5, 5.41) is 6.00. The van der Waals surface area contributed by atoms with E-state index in [0.717, 1.165) is 19.5 Å². The second-order valence-corrected chi connectivity index (χ2v) is 4.42. The van der Waals surface area contributed by atoms with Crippen LogP contribution in [0.2, 0.25) is 0 Å². The van der Waals surface area contributed by atoms with E-state index in [9.17, 15) is 13.6 Å². The van der Waals surface area contributed by atoms with Crippen LogP contribution in [0.3, 0.4) is 0 Å². The zero-order chi connectivity index (χ0) is 13.7. The Balaban J connectivity index is 0.00000200. The van der Waals surface area contributed by atoms with Crippen LogP contribution in [0.4, 0.5) is 8.78 Å². The van der Waals surface area contributed by atoms with E-state index in [1.807, 2.05) is 0 Å². The Bertz CT molecular complexity index is 440. The van der Waals surface area contributed by atoms with Crippen molar-refractivity contribution in [2.24, 2.45) is 0 Å². The molecule has 1 atom stereocenters. The number of amides is 1. The van der Waals surface area contributed by atoms with Gasteiger partial charge in [0.25, 0.3) is 0 Å². The van der Waals surface area contributed by atoms with E-state index in [-0.39, 0.29) is 36.5 Å². The predicted octanol–water partition coefficient (Wildman–Crippen LogP) is 1.73. The second-order valence-electron chi connectivity index (χ2n) is 4.42. The molecular weight excluding hydrogens is 290 g/mol. The van der Waals surface area contributed by atoms with Gasteiger partial charge in [-0.3, -0.25) is 4.79 Å². The number of carbonyl (C=O) groups excluding carboxylic acids is 1. The van der Waals surface area contributed by atoms with Gasteiger partial charge in [-0.1, -0.05) is 18.2 Å². The number of ether oxygens (including phenoxy) is 1. The Labute approximate surface area is 122 Å². The highest BCUT2D eigenvalue weighted by Gasteiger charge is 2.18. The summed E-state index contributed by atoms with van der Waals surface area (Å²) < 4.78 is 28.9. The Kier molecular flexibility index (Phi) is 6.67. The molecule has 0 radical (unpaired) electrons. The SMILES string of the molecule is Cl.O=C(Cc1ccccc1OC(F)F)NC1CCNC1. The van der Waals surface area contributed by atoms with Gasteiger partial charge in [0.1, 0.15) is 5.75 Å². The third-order valence-electron chi connectivity index (χ3n) is 2.97. The molecule has 2 N–H and O–H groups in total. The summed E-state index contributed by atoms with van der Waals surface area (Å²) in [6, 6.07) is 6.46. The van der Waals surface area contributed by atoms with Gasteiger partial charge in [0.05, 0.1) is 6.42 Å². The first-order chi connectivity index (χ1) is 9.15. The molecule has 1 unspecified atom stereocenters. The molecule has 1 heterocycles. The molecule has 1 aromatic rings. The summed E-state index contributed by atoms with van der Waals surface area (Å²) in [4.78, 5) is 11.8. The number of nitrogens with one attached hydrogen (secondary N) is 2. The highest BCUT2D eigenvalue weighted by atomic mass is 35.5. The Morgan fingerprint density at radius 3 is 2.85 bits per heavy atom. The number of hydrogen-bond donors (Lipinski definition) is 2. The van der Waals surface area contributed by atoms with Gasteiger partial charge in [-0.15, -0.1) is 12.4 Å². The standard InChI is InChI=1S/C13H16F2N2O2.ClH/c14-13(15)19-11-4-2-1-3-9(11)7-12(18)17-10-5-6-16-8-10;/h1-4,10,13,16H,5-8H2,(H,17,18);1H. The minimum Gasteiger partial charge on any atom is -0.435 e. The lowest BCUT2D eigenvalue weighted by molar-refractivity contribution is -0.121. The van der Waals surface area contributed by atoms with Crippen molar-refractivity contribution in [1.29, 1.82) is 0 Å². The number of hydrogen-bond acceptors (Lipinski definition) is 3. The average molecular weight is 307 g/mol. The van der Waals surface area contributed by atoms with E-state index in [4.69, 9.17) is 0 Å². The summed E-state index contributed by atoms with van der Waals surface area (Å²) >= 11 is 0. The highest BCUT2D eigenvalue weighted by molar-refractivity contribution is 5.85. The molecule has 1 saturated heterocycles. The minimum atomic E-state index is -2.89. The van der Waals surface area contributed by atoms with E-state index < -0.39 is 6.61 Å². The molecule has 1 aliphatic heterocycles. The molecule has 0 aliphatic carbocycles. The smallest absolute Gasteiger partial charge is 0.387 e. The van der Waals surface area contributed by atoms with E-state index in [1.165, 1.54) is 6.07 Å². The molecule has 1 aliphatic rings. The molecule has 1 aromatic carbocycles. The van der Waals surface area contributed by atoms with Crippen molar-refractivity contribution < 1.29 is 18.3 Å². The first-order valence-corrected chi connectivity index (χ1v) is 6.18. The molecule has 7 heteroatoms. The fraction of sp³-hybridized carbons (Fsp3) is 0.462. The lowest BCUT2D eigenvalue weighted by atomic mass is 10.1. The van der Waals surface area contributed by atoms with Crippen molar-refractivity contribution >= 4 is 18.3 Å². The van der Waals surface area contributed by atoms with Crippen LogP contribution in [0, 0.1) is 0 Å². The second kappa shape index (κ2) is 8.01. The number of para-hydroxylation sites is 1. The van der Waals surface area contributed by atoms with Crippen molar-refractivity contribution in [2.75, 3.05) is 13.1 Å². The first-order valence-electron chi connectivity index (χ1n) is 6.18. The van der Waals surface area contributed by atoms with Gasteiger partial charge in [-0.05, 0) is 19.0 Å². The van der Waals surface area contributed by atoms with Crippen LogP contribution < -0.4 is 15.4 Å². The van der Waals surface area contributed by atoms with Crippen molar-refractivity contribution in [3.63, 3.8) is 0 Å². The van der Waals surface area contributed by atoms with Crippen LogP contribution in [0.5, 0.6) is 5.75 Å². The van der Waals surface area contributed by atoms with Gasteiger partial charge in [0.15, 0.2) is 0 Å². The van der Waals surface area contributed by atoms with Gasteiger partial charge >= 0.3 is 6.61 Å². The molecular formula is C13H17ClF2N2O2. The third kappa shape index (κ3) is 4.94. The van der Waals surface area contributed by atoms with Crippen LogP contribution in [-0.4, -0.2) is 31.7 Å². The van der Waals surface area contributed by atoms with Crippen LogP contribution >= 0.6 is 12.4 Å². The topological polar surface area (TPSA) is 50.4 Å². The van der Waals surface area contributed by atoms with Crippen LogP contribution in [-0.2, 0) is 11.2 Å². The molecule has 0 aromatic heterocycles. The molecule has 1 amide bonds. The predicted molar refractivity (Wildman–Crippen MR) is 73.4 cm³/mol. The van der Waals surface area contributed by atoms with Gasteiger partial charge < -0.3 is 15.4 Å². The third-order valence-corrected chi connectivity index (χ3v) is 2.97. The summed E-state index contributed by atoms with van der Waals surface area (Å²) in [7, 11) is 0. The van der Waals surface area contributed by atoms with Crippen molar-refractivity contribution in [3.05, 3.63) is 29.8 Å². The number of carbonyl (C=O) groups is 1. The summed E-state index contributed by atoms with van der Waals surface area (Å²) in [6.45, 7) is -1.25. The summed E-state index contributed by atoms with van der Waals surface area (Å²) in [6.07, 6.45) is 0.931. The zero-order valence-electron chi connectivity index (χ0n) is 10.8. The lowest BCUT2D eigenvalue weighted by Crippen LogP contribution is -2.37. The van der Waals surface area contributed by atoms with Crippen molar-refractivity contribution in [2.45, 2.75) is 25.5 Å². The largest absolute Gasteiger partial charge is 0.435 e. The van der Waals surface area contributed by atoms with Gasteiger partial charge in [-0.2, -0.15) is 8.78 Å². The number of rotatable bonds is 5. The van der Waals surface area contributed by atoms with E-state index in [0.29, 0.717) is 5.56 Å². The monoisotopic (exact) mass is 306 g/mol. The normalized spacial score (nSPS) is 17.6. The number of halogens is 3.